The Balaban J connectivity index is 2.23. The topological polar surface area (TPSA) is 60.8 Å². The Labute approximate surface area is 160 Å². The maximum atomic E-state index is 11.5. The van der Waals surface area contributed by atoms with Crippen LogP contribution in [0.5, 0.6) is 0 Å². The summed E-state index contributed by atoms with van der Waals surface area (Å²) in [4.78, 5) is 13.2. The SMILES string of the molecule is CN(C)C(=O)CCCC=CC[C@@H]1[C@@H](O)CC[C@@H]1C=CCCCCCCO. The molecule has 4 heteroatoms. The molecule has 0 aromatic heterocycles. The number of unbranched alkanes of at least 4 members (excludes halogenated alkanes) is 5. The fourth-order valence-corrected chi connectivity index (χ4v) is 3.61. The molecule has 1 amide bonds. The highest BCUT2D eigenvalue weighted by atomic mass is 16.3. The van der Waals surface area contributed by atoms with Gasteiger partial charge in [-0.3, -0.25) is 4.79 Å². The van der Waals surface area contributed by atoms with Crippen molar-refractivity contribution in [2.45, 2.75) is 76.7 Å². The molecule has 1 fully saturated rings. The van der Waals surface area contributed by atoms with Crippen LogP contribution in [0.25, 0.3) is 0 Å². The predicted octanol–water partition coefficient (Wildman–Crippen LogP) is 4.08. The molecule has 0 aromatic rings. The molecule has 4 nitrogen and oxygen atoms in total. The third-order valence-electron chi connectivity index (χ3n) is 5.34. The lowest BCUT2D eigenvalue weighted by Crippen LogP contribution is -2.20. The van der Waals surface area contributed by atoms with E-state index in [1.54, 1.807) is 19.0 Å². The van der Waals surface area contributed by atoms with Crippen LogP contribution in [0, 0.1) is 11.8 Å². The summed E-state index contributed by atoms with van der Waals surface area (Å²) in [6.07, 6.45) is 19.6. The van der Waals surface area contributed by atoms with Crippen LogP contribution in [0.1, 0.15) is 70.6 Å². The van der Waals surface area contributed by atoms with E-state index in [-0.39, 0.29) is 12.0 Å². The van der Waals surface area contributed by atoms with Gasteiger partial charge in [-0.25, -0.2) is 0 Å². The zero-order valence-corrected chi connectivity index (χ0v) is 16.8. The number of hydrogen-bond donors (Lipinski definition) is 2. The summed E-state index contributed by atoms with van der Waals surface area (Å²) in [6.45, 7) is 0.303. The van der Waals surface area contributed by atoms with Gasteiger partial charge >= 0.3 is 0 Å². The van der Waals surface area contributed by atoms with E-state index in [0.717, 1.165) is 51.4 Å². The first-order valence-corrected chi connectivity index (χ1v) is 10.4. The summed E-state index contributed by atoms with van der Waals surface area (Å²) >= 11 is 0. The summed E-state index contributed by atoms with van der Waals surface area (Å²) in [7, 11) is 3.59. The minimum atomic E-state index is -0.186. The zero-order chi connectivity index (χ0) is 19.2. The van der Waals surface area contributed by atoms with Crippen LogP contribution in [0.2, 0.25) is 0 Å². The molecule has 3 atom stereocenters. The average molecular weight is 366 g/mol. The van der Waals surface area contributed by atoms with Crippen LogP contribution in [0.3, 0.4) is 0 Å². The molecule has 0 spiro atoms. The van der Waals surface area contributed by atoms with Crippen LogP contribution in [-0.4, -0.2) is 47.8 Å². The van der Waals surface area contributed by atoms with E-state index < -0.39 is 0 Å². The van der Waals surface area contributed by atoms with Gasteiger partial charge in [0.05, 0.1) is 6.10 Å². The van der Waals surface area contributed by atoms with E-state index in [4.69, 9.17) is 5.11 Å². The van der Waals surface area contributed by atoms with E-state index in [9.17, 15) is 9.90 Å². The lowest BCUT2D eigenvalue weighted by Gasteiger charge is -2.17. The van der Waals surface area contributed by atoms with Gasteiger partial charge in [-0.2, -0.15) is 0 Å². The molecule has 2 N–H and O–H groups in total. The van der Waals surface area contributed by atoms with E-state index in [1.807, 2.05) is 0 Å². The van der Waals surface area contributed by atoms with Gasteiger partial charge in [-0.1, -0.05) is 37.1 Å². The Morgan fingerprint density at radius 2 is 1.73 bits per heavy atom. The molecule has 0 aliphatic heterocycles. The largest absolute Gasteiger partial charge is 0.396 e. The van der Waals surface area contributed by atoms with Crippen LogP contribution in [-0.2, 0) is 4.79 Å². The van der Waals surface area contributed by atoms with Gasteiger partial charge < -0.3 is 15.1 Å². The van der Waals surface area contributed by atoms with Gasteiger partial charge in [-0.05, 0) is 63.2 Å². The number of amides is 1. The smallest absolute Gasteiger partial charge is 0.222 e. The maximum Gasteiger partial charge on any atom is 0.222 e. The van der Waals surface area contributed by atoms with Crippen molar-refractivity contribution in [3.05, 3.63) is 24.3 Å². The molecule has 0 radical (unpaired) electrons. The quantitative estimate of drug-likeness (QED) is 0.382. The fraction of sp³-hybridized carbons (Fsp3) is 0.773. The van der Waals surface area contributed by atoms with Crippen LogP contribution in [0.15, 0.2) is 24.3 Å². The van der Waals surface area contributed by atoms with E-state index in [2.05, 4.69) is 24.3 Å². The second kappa shape index (κ2) is 14.0. The monoisotopic (exact) mass is 365 g/mol. The number of carbonyl (C=O) groups excluding carboxylic acids is 1. The highest BCUT2D eigenvalue weighted by molar-refractivity contribution is 5.75. The molecular formula is C22H39NO3. The summed E-state index contributed by atoms with van der Waals surface area (Å²) in [5.74, 6) is 1.01. The molecule has 1 rings (SSSR count). The van der Waals surface area contributed by atoms with Gasteiger partial charge in [-0.15, -0.1) is 0 Å². The highest BCUT2D eigenvalue weighted by Gasteiger charge is 2.32. The molecule has 26 heavy (non-hydrogen) atoms. The summed E-state index contributed by atoms with van der Waals surface area (Å²) < 4.78 is 0. The van der Waals surface area contributed by atoms with Gasteiger partial charge in [0.15, 0.2) is 0 Å². The third kappa shape index (κ3) is 9.54. The Kier molecular flexibility index (Phi) is 12.3. The zero-order valence-electron chi connectivity index (χ0n) is 16.8. The number of rotatable bonds is 13. The lowest BCUT2D eigenvalue weighted by molar-refractivity contribution is -0.128. The molecule has 0 unspecified atom stereocenters. The summed E-state index contributed by atoms with van der Waals surface area (Å²) in [5, 5.41) is 19.0. The lowest BCUT2D eigenvalue weighted by atomic mass is 9.90. The second-order valence-electron chi connectivity index (χ2n) is 7.71. The Hall–Kier alpha value is -1.13. The minimum Gasteiger partial charge on any atom is -0.396 e. The van der Waals surface area contributed by atoms with Crippen molar-refractivity contribution in [3.63, 3.8) is 0 Å². The van der Waals surface area contributed by atoms with Crippen LogP contribution >= 0.6 is 0 Å². The van der Waals surface area contributed by atoms with Gasteiger partial charge in [0.25, 0.3) is 0 Å². The fourth-order valence-electron chi connectivity index (χ4n) is 3.61. The standard InChI is InChI=1S/C22H39NO3/c1-23(2)22(26)15-11-7-6-10-14-20-19(16-17-21(20)25)13-9-5-3-4-8-12-18-24/h6,9-10,13,19-21,24-25H,3-5,7-8,11-12,14-18H2,1-2H3/t19-,20-,21-/m0/s1. The van der Waals surface area contributed by atoms with Crippen molar-refractivity contribution in [1.29, 1.82) is 0 Å². The first-order valence-electron chi connectivity index (χ1n) is 10.4. The molecule has 1 aliphatic rings. The number of allylic oxidation sites excluding steroid dienone is 4. The minimum absolute atomic E-state index is 0.186. The molecular weight excluding hydrogens is 326 g/mol. The van der Waals surface area contributed by atoms with Gasteiger partial charge in [0.2, 0.25) is 5.91 Å². The average Bonchev–Trinajstić information content (AvgIpc) is 2.96. The number of nitrogens with zero attached hydrogens (tertiary/aromatic N) is 1. The van der Waals surface area contributed by atoms with Crippen LogP contribution in [0.4, 0.5) is 0 Å². The molecule has 0 aromatic carbocycles. The number of carbonyl (C=O) groups is 1. The normalized spacial score (nSPS) is 23.3. The van der Waals surface area contributed by atoms with E-state index >= 15 is 0 Å². The summed E-state index contributed by atoms with van der Waals surface area (Å²) in [5.41, 5.74) is 0. The van der Waals surface area contributed by atoms with E-state index in [1.165, 1.54) is 12.8 Å². The third-order valence-corrected chi connectivity index (χ3v) is 5.34. The molecule has 0 bridgehead atoms. The second-order valence-corrected chi connectivity index (χ2v) is 7.71. The van der Waals surface area contributed by atoms with Gasteiger partial charge in [0, 0.05) is 27.1 Å². The first-order chi connectivity index (χ1) is 12.6. The van der Waals surface area contributed by atoms with Crippen molar-refractivity contribution in [2.24, 2.45) is 11.8 Å². The first kappa shape index (κ1) is 22.9. The Morgan fingerprint density at radius 1 is 1.00 bits per heavy atom. The maximum absolute atomic E-state index is 11.5. The number of aliphatic hydroxyl groups is 2. The van der Waals surface area contributed by atoms with Crippen molar-refractivity contribution in [2.75, 3.05) is 20.7 Å². The molecule has 0 heterocycles. The number of aliphatic hydroxyl groups excluding tert-OH is 2. The highest BCUT2D eigenvalue weighted by Crippen LogP contribution is 2.36. The van der Waals surface area contributed by atoms with Gasteiger partial charge in [0.1, 0.15) is 0 Å². The molecule has 0 saturated heterocycles. The molecule has 1 saturated carbocycles. The number of hydrogen-bond acceptors (Lipinski definition) is 3. The Morgan fingerprint density at radius 3 is 2.46 bits per heavy atom. The molecule has 150 valence electrons. The van der Waals surface area contributed by atoms with Crippen molar-refractivity contribution in [1.82, 2.24) is 4.90 Å². The van der Waals surface area contributed by atoms with Crippen LogP contribution < -0.4 is 0 Å². The Bertz CT molecular complexity index is 431. The molecule has 1 aliphatic carbocycles. The van der Waals surface area contributed by atoms with Crippen molar-refractivity contribution >= 4 is 5.91 Å². The van der Waals surface area contributed by atoms with Crippen molar-refractivity contribution in [3.8, 4) is 0 Å². The van der Waals surface area contributed by atoms with Crippen molar-refractivity contribution < 1.29 is 15.0 Å². The predicted molar refractivity (Wildman–Crippen MR) is 108 cm³/mol. The van der Waals surface area contributed by atoms with E-state index in [0.29, 0.717) is 24.9 Å². The summed E-state index contributed by atoms with van der Waals surface area (Å²) in [6, 6.07) is 0.